The Labute approximate surface area is 111 Å². The summed E-state index contributed by atoms with van der Waals surface area (Å²) in [5.74, 6) is 0. The standard InChI is InChI=1S/C10H14F3IN2O/c1-7(2)17-6-9-8(14)5-16(15-9)4-3-10(11,12)13/h5,7H,3-4,6H2,1-2H3. The molecule has 0 saturated heterocycles. The maximum atomic E-state index is 12.0. The second-order valence-electron chi connectivity index (χ2n) is 3.91. The number of hydrogen-bond donors (Lipinski definition) is 0. The highest BCUT2D eigenvalue weighted by atomic mass is 127. The highest BCUT2D eigenvalue weighted by Crippen LogP contribution is 2.21. The molecular weight excluding hydrogens is 348 g/mol. The van der Waals surface area contributed by atoms with Crippen LogP contribution in [0, 0.1) is 3.57 Å². The van der Waals surface area contributed by atoms with E-state index in [0.717, 1.165) is 3.57 Å². The molecule has 0 N–H and O–H groups in total. The fourth-order valence-corrected chi connectivity index (χ4v) is 1.72. The van der Waals surface area contributed by atoms with Gasteiger partial charge in [0, 0.05) is 12.7 Å². The van der Waals surface area contributed by atoms with Gasteiger partial charge < -0.3 is 4.74 Å². The number of nitrogens with zero attached hydrogens (tertiary/aromatic N) is 2. The van der Waals surface area contributed by atoms with Crippen LogP contribution in [0.5, 0.6) is 0 Å². The van der Waals surface area contributed by atoms with E-state index in [0.29, 0.717) is 12.3 Å². The van der Waals surface area contributed by atoms with Gasteiger partial charge in [0.25, 0.3) is 0 Å². The zero-order valence-corrected chi connectivity index (χ0v) is 11.7. The van der Waals surface area contributed by atoms with Gasteiger partial charge in [0.15, 0.2) is 0 Å². The van der Waals surface area contributed by atoms with E-state index in [1.165, 1.54) is 4.68 Å². The van der Waals surface area contributed by atoms with Gasteiger partial charge in [0.05, 0.1) is 22.7 Å². The summed E-state index contributed by atoms with van der Waals surface area (Å²) < 4.78 is 43.6. The molecule has 0 aliphatic carbocycles. The van der Waals surface area contributed by atoms with Crippen LogP contribution < -0.4 is 0 Å². The van der Waals surface area contributed by atoms with E-state index in [1.54, 1.807) is 6.20 Å². The molecule has 1 rings (SSSR count). The third-order valence-corrected chi connectivity index (χ3v) is 2.87. The number of aromatic nitrogens is 2. The Balaban J connectivity index is 2.55. The fraction of sp³-hybridized carbons (Fsp3) is 0.700. The molecule has 0 amide bonds. The maximum absolute atomic E-state index is 12.0. The molecular formula is C10H14F3IN2O. The summed E-state index contributed by atoms with van der Waals surface area (Å²) in [4.78, 5) is 0. The molecule has 0 unspecified atom stereocenters. The molecule has 0 fully saturated rings. The number of ether oxygens (including phenoxy) is 1. The third kappa shape index (κ3) is 5.71. The van der Waals surface area contributed by atoms with Gasteiger partial charge in [-0.1, -0.05) is 0 Å². The van der Waals surface area contributed by atoms with E-state index in [-0.39, 0.29) is 12.6 Å². The summed E-state index contributed by atoms with van der Waals surface area (Å²) in [7, 11) is 0. The van der Waals surface area contributed by atoms with Gasteiger partial charge >= 0.3 is 6.18 Å². The van der Waals surface area contributed by atoms with Gasteiger partial charge in [-0.2, -0.15) is 18.3 Å². The van der Waals surface area contributed by atoms with Crippen LogP contribution in [0.3, 0.4) is 0 Å². The average molecular weight is 362 g/mol. The van der Waals surface area contributed by atoms with Crippen molar-refractivity contribution in [3.63, 3.8) is 0 Å². The maximum Gasteiger partial charge on any atom is 0.390 e. The van der Waals surface area contributed by atoms with Crippen LogP contribution in [-0.4, -0.2) is 22.1 Å². The van der Waals surface area contributed by atoms with Crippen LogP contribution in [0.4, 0.5) is 13.2 Å². The van der Waals surface area contributed by atoms with E-state index in [2.05, 4.69) is 5.10 Å². The Hall–Kier alpha value is -0.310. The topological polar surface area (TPSA) is 27.1 Å². The van der Waals surface area contributed by atoms with Crippen molar-refractivity contribution in [2.45, 2.75) is 45.7 Å². The number of alkyl halides is 3. The van der Waals surface area contributed by atoms with E-state index in [4.69, 9.17) is 4.74 Å². The van der Waals surface area contributed by atoms with Gasteiger partial charge in [0.1, 0.15) is 5.69 Å². The monoisotopic (exact) mass is 362 g/mol. The van der Waals surface area contributed by atoms with Crippen molar-refractivity contribution < 1.29 is 17.9 Å². The first-order valence-electron chi connectivity index (χ1n) is 5.18. The summed E-state index contributed by atoms with van der Waals surface area (Å²) in [6.07, 6.45) is -3.34. The molecule has 0 aliphatic heterocycles. The zero-order valence-electron chi connectivity index (χ0n) is 9.59. The number of aryl methyl sites for hydroxylation is 1. The first-order valence-corrected chi connectivity index (χ1v) is 6.26. The van der Waals surface area contributed by atoms with Crippen molar-refractivity contribution in [3.8, 4) is 0 Å². The molecule has 0 bridgehead atoms. The third-order valence-electron chi connectivity index (χ3n) is 1.96. The predicted molar refractivity (Wildman–Crippen MR) is 65.5 cm³/mol. The van der Waals surface area contributed by atoms with Gasteiger partial charge in [-0.05, 0) is 36.4 Å². The first kappa shape index (κ1) is 14.7. The molecule has 1 aromatic rings. The normalized spacial score (nSPS) is 12.4. The second kappa shape index (κ2) is 6.03. The second-order valence-corrected chi connectivity index (χ2v) is 5.07. The Kier molecular flexibility index (Phi) is 5.23. The van der Waals surface area contributed by atoms with Crippen molar-refractivity contribution in [3.05, 3.63) is 15.5 Å². The largest absolute Gasteiger partial charge is 0.390 e. The zero-order chi connectivity index (χ0) is 13.1. The Morgan fingerprint density at radius 1 is 1.47 bits per heavy atom. The minimum Gasteiger partial charge on any atom is -0.372 e. The van der Waals surface area contributed by atoms with Crippen LogP contribution in [-0.2, 0) is 17.9 Å². The molecule has 0 atom stereocenters. The minimum atomic E-state index is -4.15. The fourth-order valence-electron chi connectivity index (χ4n) is 1.14. The van der Waals surface area contributed by atoms with Crippen molar-refractivity contribution in [2.24, 2.45) is 0 Å². The summed E-state index contributed by atoms with van der Waals surface area (Å²) in [5, 5.41) is 4.07. The number of rotatable bonds is 5. The lowest BCUT2D eigenvalue weighted by Gasteiger charge is -2.06. The lowest BCUT2D eigenvalue weighted by atomic mass is 10.4. The Morgan fingerprint density at radius 2 is 2.12 bits per heavy atom. The minimum absolute atomic E-state index is 0.0751. The van der Waals surface area contributed by atoms with Crippen molar-refractivity contribution in [1.82, 2.24) is 9.78 Å². The van der Waals surface area contributed by atoms with Crippen LogP contribution >= 0.6 is 22.6 Å². The van der Waals surface area contributed by atoms with Gasteiger partial charge in [-0.15, -0.1) is 0 Å². The van der Waals surface area contributed by atoms with Crippen LogP contribution in [0.2, 0.25) is 0 Å². The van der Waals surface area contributed by atoms with Crippen molar-refractivity contribution in [2.75, 3.05) is 0 Å². The van der Waals surface area contributed by atoms with Crippen LogP contribution in [0.25, 0.3) is 0 Å². The molecule has 0 aliphatic rings. The van der Waals surface area contributed by atoms with Gasteiger partial charge in [-0.3, -0.25) is 4.68 Å². The Morgan fingerprint density at radius 3 is 2.65 bits per heavy atom. The Bertz CT molecular complexity index is 363. The number of halogens is 4. The highest BCUT2D eigenvalue weighted by Gasteiger charge is 2.26. The van der Waals surface area contributed by atoms with Gasteiger partial charge in [-0.25, -0.2) is 0 Å². The van der Waals surface area contributed by atoms with E-state index in [9.17, 15) is 13.2 Å². The summed E-state index contributed by atoms with van der Waals surface area (Å²) in [6, 6.07) is 0. The smallest absolute Gasteiger partial charge is 0.372 e. The predicted octanol–water partition coefficient (Wildman–Crippen LogP) is 3.37. The molecule has 0 radical (unpaired) electrons. The lowest BCUT2D eigenvalue weighted by molar-refractivity contribution is -0.137. The molecule has 1 heterocycles. The summed E-state index contributed by atoms with van der Waals surface area (Å²) >= 11 is 2.04. The highest BCUT2D eigenvalue weighted by molar-refractivity contribution is 14.1. The molecule has 3 nitrogen and oxygen atoms in total. The van der Waals surface area contributed by atoms with Crippen LogP contribution in [0.1, 0.15) is 26.0 Å². The van der Waals surface area contributed by atoms with E-state index < -0.39 is 12.6 Å². The molecule has 17 heavy (non-hydrogen) atoms. The molecule has 7 heteroatoms. The molecule has 0 aromatic carbocycles. The lowest BCUT2D eigenvalue weighted by Crippen LogP contribution is -2.12. The molecule has 0 spiro atoms. The molecule has 98 valence electrons. The van der Waals surface area contributed by atoms with Crippen molar-refractivity contribution >= 4 is 22.6 Å². The van der Waals surface area contributed by atoms with Crippen LogP contribution in [0.15, 0.2) is 6.20 Å². The SMILES string of the molecule is CC(C)OCc1nn(CCC(F)(F)F)cc1I. The molecule has 1 aromatic heterocycles. The number of hydrogen-bond acceptors (Lipinski definition) is 2. The molecule has 0 saturated carbocycles. The van der Waals surface area contributed by atoms with Gasteiger partial charge in [0.2, 0.25) is 0 Å². The quantitative estimate of drug-likeness (QED) is 0.752. The summed E-state index contributed by atoms with van der Waals surface area (Å²) in [6.45, 7) is 3.97. The van der Waals surface area contributed by atoms with E-state index >= 15 is 0 Å². The average Bonchev–Trinajstić information content (AvgIpc) is 2.52. The van der Waals surface area contributed by atoms with Crippen molar-refractivity contribution in [1.29, 1.82) is 0 Å². The first-order chi connectivity index (χ1) is 7.78. The van der Waals surface area contributed by atoms with E-state index in [1.807, 2.05) is 36.4 Å². The summed E-state index contributed by atoms with van der Waals surface area (Å²) in [5.41, 5.74) is 0.682.